The third-order valence-electron chi connectivity index (χ3n) is 5.42. The normalized spacial score (nSPS) is 25.5. The van der Waals surface area contributed by atoms with Crippen LogP contribution in [0.4, 0.5) is 0 Å². The zero-order valence-corrected chi connectivity index (χ0v) is 14.6. The van der Waals surface area contributed by atoms with Gasteiger partial charge in [0.15, 0.2) is 5.69 Å². The standard InChI is InChI=1S/C17H27N5O2/c1-16(2)11-21(8-7-19-16)15(23)14-9-13-10-24-17(12-22(13)20-14)3-5-18-6-4-17/h9,18-19H,3-8,10-12H2,1-2H3. The fraction of sp³-hybridized carbons (Fsp3) is 0.765. The van der Waals surface area contributed by atoms with Gasteiger partial charge in [0.1, 0.15) is 0 Å². The quantitative estimate of drug-likeness (QED) is 0.776. The van der Waals surface area contributed by atoms with Gasteiger partial charge in [-0.1, -0.05) is 0 Å². The van der Waals surface area contributed by atoms with Crippen molar-refractivity contribution in [1.82, 2.24) is 25.3 Å². The summed E-state index contributed by atoms with van der Waals surface area (Å²) in [4.78, 5) is 14.8. The number of hydrogen-bond donors (Lipinski definition) is 2. The maximum Gasteiger partial charge on any atom is 0.274 e. The van der Waals surface area contributed by atoms with Gasteiger partial charge in [-0.3, -0.25) is 9.48 Å². The van der Waals surface area contributed by atoms with Crippen molar-refractivity contribution in [3.63, 3.8) is 0 Å². The molecule has 1 amide bonds. The third kappa shape index (κ3) is 2.96. The van der Waals surface area contributed by atoms with Crippen molar-refractivity contribution < 1.29 is 9.53 Å². The first-order valence-electron chi connectivity index (χ1n) is 8.92. The highest BCUT2D eigenvalue weighted by Gasteiger charge is 2.38. The lowest BCUT2D eigenvalue weighted by Gasteiger charge is -2.40. The summed E-state index contributed by atoms with van der Waals surface area (Å²) < 4.78 is 8.16. The summed E-state index contributed by atoms with van der Waals surface area (Å²) in [5, 5.41) is 11.4. The molecule has 1 aromatic rings. The van der Waals surface area contributed by atoms with Gasteiger partial charge < -0.3 is 20.3 Å². The number of piperazine rings is 1. The van der Waals surface area contributed by atoms with Crippen LogP contribution in [0.15, 0.2) is 6.07 Å². The number of rotatable bonds is 1. The number of carbonyl (C=O) groups is 1. The van der Waals surface area contributed by atoms with Crippen molar-refractivity contribution in [2.24, 2.45) is 0 Å². The van der Waals surface area contributed by atoms with Crippen molar-refractivity contribution in [1.29, 1.82) is 0 Å². The van der Waals surface area contributed by atoms with Gasteiger partial charge in [-0.15, -0.1) is 0 Å². The van der Waals surface area contributed by atoms with E-state index in [9.17, 15) is 4.79 Å². The molecular weight excluding hydrogens is 306 g/mol. The Balaban J connectivity index is 1.51. The molecule has 0 unspecified atom stereocenters. The molecule has 3 aliphatic rings. The predicted molar refractivity (Wildman–Crippen MR) is 89.8 cm³/mol. The van der Waals surface area contributed by atoms with Gasteiger partial charge >= 0.3 is 0 Å². The molecule has 1 spiro atoms. The van der Waals surface area contributed by atoms with E-state index in [1.807, 2.05) is 15.6 Å². The van der Waals surface area contributed by atoms with Crippen LogP contribution in [0.25, 0.3) is 0 Å². The summed E-state index contributed by atoms with van der Waals surface area (Å²) in [5.74, 6) is 0.0332. The van der Waals surface area contributed by atoms with Gasteiger partial charge in [0.25, 0.3) is 5.91 Å². The van der Waals surface area contributed by atoms with Crippen LogP contribution in [0.3, 0.4) is 0 Å². The van der Waals surface area contributed by atoms with Crippen LogP contribution in [0.1, 0.15) is 42.9 Å². The SMILES string of the molecule is CC1(C)CN(C(=O)c2cc3n(n2)CC2(CCNCC2)OC3)CCN1. The van der Waals surface area contributed by atoms with E-state index in [0.717, 1.165) is 51.3 Å². The van der Waals surface area contributed by atoms with Crippen molar-refractivity contribution in [2.45, 2.75) is 51.0 Å². The van der Waals surface area contributed by atoms with Crippen molar-refractivity contribution in [3.05, 3.63) is 17.5 Å². The number of fused-ring (bicyclic) bond motifs is 1. The summed E-state index contributed by atoms with van der Waals surface area (Å²) in [6.07, 6.45) is 2.00. The molecule has 7 heteroatoms. The monoisotopic (exact) mass is 333 g/mol. The average Bonchev–Trinajstić information content (AvgIpc) is 2.96. The van der Waals surface area contributed by atoms with E-state index in [4.69, 9.17) is 4.74 Å². The van der Waals surface area contributed by atoms with Crippen molar-refractivity contribution in [2.75, 3.05) is 32.7 Å². The van der Waals surface area contributed by atoms with E-state index in [2.05, 4.69) is 29.6 Å². The summed E-state index contributed by atoms with van der Waals surface area (Å²) in [6.45, 7) is 9.79. The molecule has 132 valence electrons. The Morgan fingerprint density at radius 3 is 2.79 bits per heavy atom. The fourth-order valence-corrected chi connectivity index (χ4v) is 4.02. The summed E-state index contributed by atoms with van der Waals surface area (Å²) in [5.41, 5.74) is 1.41. The lowest BCUT2D eigenvalue weighted by Crippen LogP contribution is -2.58. The van der Waals surface area contributed by atoms with Gasteiger partial charge in [-0.2, -0.15) is 5.10 Å². The predicted octanol–water partition coefficient (Wildman–Crippen LogP) is 0.360. The molecule has 1 aromatic heterocycles. The number of nitrogens with zero attached hydrogens (tertiary/aromatic N) is 3. The second-order valence-corrected chi connectivity index (χ2v) is 7.94. The Labute approximate surface area is 142 Å². The fourth-order valence-electron chi connectivity index (χ4n) is 4.02. The summed E-state index contributed by atoms with van der Waals surface area (Å²) in [6, 6.07) is 1.91. The van der Waals surface area contributed by atoms with E-state index >= 15 is 0 Å². The maximum atomic E-state index is 12.8. The molecule has 0 radical (unpaired) electrons. The molecule has 4 rings (SSSR count). The molecule has 0 aromatic carbocycles. The Morgan fingerprint density at radius 1 is 1.25 bits per heavy atom. The van der Waals surface area contributed by atoms with Crippen molar-refractivity contribution in [3.8, 4) is 0 Å². The highest BCUT2D eigenvalue weighted by atomic mass is 16.5. The van der Waals surface area contributed by atoms with Crippen molar-refractivity contribution >= 4 is 5.91 Å². The van der Waals surface area contributed by atoms with Gasteiger partial charge in [0.2, 0.25) is 0 Å². The number of carbonyl (C=O) groups excluding carboxylic acids is 1. The van der Waals surface area contributed by atoms with E-state index in [0.29, 0.717) is 18.8 Å². The van der Waals surface area contributed by atoms with Crippen LogP contribution in [-0.4, -0.2) is 64.5 Å². The first kappa shape index (κ1) is 16.1. The molecule has 24 heavy (non-hydrogen) atoms. The summed E-state index contributed by atoms with van der Waals surface area (Å²) >= 11 is 0. The zero-order chi connectivity index (χ0) is 16.8. The smallest absolute Gasteiger partial charge is 0.274 e. The van der Waals surface area contributed by atoms with Crippen LogP contribution in [0, 0.1) is 0 Å². The Hall–Kier alpha value is -1.44. The van der Waals surface area contributed by atoms with Crippen LogP contribution in [0.2, 0.25) is 0 Å². The average molecular weight is 333 g/mol. The highest BCUT2D eigenvalue weighted by Crippen LogP contribution is 2.31. The van der Waals surface area contributed by atoms with E-state index in [1.54, 1.807) is 0 Å². The minimum absolute atomic E-state index is 0.0332. The largest absolute Gasteiger partial charge is 0.367 e. The topological polar surface area (TPSA) is 71.4 Å². The Kier molecular flexibility index (Phi) is 3.89. The molecular formula is C17H27N5O2. The molecule has 2 N–H and O–H groups in total. The molecule has 7 nitrogen and oxygen atoms in total. The molecule has 3 aliphatic heterocycles. The van der Waals surface area contributed by atoms with E-state index < -0.39 is 0 Å². The van der Waals surface area contributed by atoms with Crippen LogP contribution in [0.5, 0.6) is 0 Å². The molecule has 0 saturated carbocycles. The number of piperidine rings is 1. The molecule has 2 saturated heterocycles. The Morgan fingerprint density at radius 2 is 2.04 bits per heavy atom. The number of ether oxygens (including phenoxy) is 1. The van der Waals surface area contributed by atoms with Gasteiger partial charge in [-0.05, 0) is 45.8 Å². The second kappa shape index (κ2) is 5.82. The van der Waals surface area contributed by atoms with Crippen LogP contribution < -0.4 is 10.6 Å². The van der Waals surface area contributed by atoms with Crippen LogP contribution >= 0.6 is 0 Å². The van der Waals surface area contributed by atoms with Crippen LogP contribution in [-0.2, 0) is 17.9 Å². The van der Waals surface area contributed by atoms with Gasteiger partial charge in [-0.25, -0.2) is 0 Å². The molecule has 4 heterocycles. The van der Waals surface area contributed by atoms with Gasteiger partial charge in [0, 0.05) is 25.2 Å². The molecule has 0 bridgehead atoms. The number of hydrogen-bond acceptors (Lipinski definition) is 5. The second-order valence-electron chi connectivity index (χ2n) is 7.94. The first-order chi connectivity index (χ1) is 11.5. The minimum Gasteiger partial charge on any atom is -0.367 e. The lowest BCUT2D eigenvalue weighted by atomic mass is 9.91. The lowest BCUT2D eigenvalue weighted by molar-refractivity contribution is -0.109. The number of nitrogens with one attached hydrogen (secondary N) is 2. The molecule has 0 aliphatic carbocycles. The number of aromatic nitrogens is 2. The first-order valence-corrected chi connectivity index (χ1v) is 8.92. The summed E-state index contributed by atoms with van der Waals surface area (Å²) in [7, 11) is 0. The molecule has 0 atom stereocenters. The maximum absolute atomic E-state index is 12.8. The molecule has 2 fully saturated rings. The van der Waals surface area contributed by atoms with Gasteiger partial charge in [0.05, 0.1) is 24.4 Å². The van der Waals surface area contributed by atoms with E-state index in [1.165, 1.54) is 0 Å². The number of amides is 1. The highest BCUT2D eigenvalue weighted by molar-refractivity contribution is 5.92. The third-order valence-corrected chi connectivity index (χ3v) is 5.42. The zero-order valence-electron chi connectivity index (χ0n) is 14.6. The Bertz CT molecular complexity index is 633. The minimum atomic E-state index is -0.110. The van der Waals surface area contributed by atoms with E-state index in [-0.39, 0.29) is 17.0 Å².